The Labute approximate surface area is 112 Å². The zero-order valence-electron chi connectivity index (χ0n) is 9.67. The lowest BCUT2D eigenvalue weighted by Gasteiger charge is -2.03. The first-order valence-electron chi connectivity index (χ1n) is 5.33. The molecule has 7 heteroatoms. The molecular weight excluding hydrogens is 300 g/mol. The summed E-state index contributed by atoms with van der Waals surface area (Å²) in [6, 6.07) is 5.72. The number of rotatable bonds is 4. The number of aromatic nitrogens is 4. The van der Waals surface area contributed by atoms with Crippen LogP contribution in [-0.4, -0.2) is 31.3 Å². The van der Waals surface area contributed by atoms with E-state index in [1.807, 2.05) is 25.1 Å². The smallest absolute Gasteiger partial charge is 0.303 e. The molecule has 0 fully saturated rings. The number of carboxylic acids is 1. The topological polar surface area (TPSA) is 80.9 Å². The molecular formula is C11H11BrN4O2. The van der Waals surface area contributed by atoms with Crippen LogP contribution in [0.1, 0.15) is 17.8 Å². The first-order chi connectivity index (χ1) is 8.56. The zero-order valence-corrected chi connectivity index (χ0v) is 11.3. The van der Waals surface area contributed by atoms with Crippen LogP contribution in [0.3, 0.4) is 0 Å². The molecule has 1 heterocycles. The van der Waals surface area contributed by atoms with Gasteiger partial charge in [0, 0.05) is 10.9 Å². The van der Waals surface area contributed by atoms with Crippen LogP contribution in [0.4, 0.5) is 0 Å². The van der Waals surface area contributed by atoms with E-state index in [0.717, 1.165) is 15.7 Å². The highest BCUT2D eigenvalue weighted by molar-refractivity contribution is 9.10. The molecule has 6 nitrogen and oxygen atoms in total. The number of nitrogens with zero attached hydrogens (tertiary/aromatic N) is 4. The Morgan fingerprint density at radius 2 is 2.28 bits per heavy atom. The summed E-state index contributed by atoms with van der Waals surface area (Å²) in [5.41, 5.74) is 1.83. The Kier molecular flexibility index (Phi) is 3.71. The van der Waals surface area contributed by atoms with Crippen molar-refractivity contribution in [3.8, 4) is 5.69 Å². The van der Waals surface area contributed by atoms with Crippen LogP contribution in [0.25, 0.3) is 5.69 Å². The van der Waals surface area contributed by atoms with Crippen LogP contribution in [0.5, 0.6) is 0 Å². The molecule has 1 aromatic heterocycles. The van der Waals surface area contributed by atoms with Crippen molar-refractivity contribution < 1.29 is 9.90 Å². The molecule has 94 valence electrons. The molecule has 2 aromatic rings. The third kappa shape index (κ3) is 2.92. The summed E-state index contributed by atoms with van der Waals surface area (Å²) in [7, 11) is 0. The maximum absolute atomic E-state index is 10.5. The van der Waals surface area contributed by atoms with Gasteiger partial charge >= 0.3 is 5.97 Å². The van der Waals surface area contributed by atoms with Crippen molar-refractivity contribution in [2.45, 2.75) is 19.8 Å². The lowest BCUT2D eigenvalue weighted by molar-refractivity contribution is -0.137. The van der Waals surface area contributed by atoms with Crippen LogP contribution in [0, 0.1) is 6.92 Å². The lowest BCUT2D eigenvalue weighted by atomic mass is 10.2. The van der Waals surface area contributed by atoms with E-state index in [0.29, 0.717) is 5.82 Å². The van der Waals surface area contributed by atoms with Crippen molar-refractivity contribution in [1.82, 2.24) is 20.2 Å². The molecule has 0 aliphatic carbocycles. The molecule has 0 saturated carbocycles. The van der Waals surface area contributed by atoms with E-state index in [1.165, 1.54) is 4.80 Å². The molecule has 1 aromatic carbocycles. The number of carbonyl (C=O) groups is 1. The average molecular weight is 311 g/mol. The van der Waals surface area contributed by atoms with Gasteiger partial charge in [0.05, 0.1) is 12.1 Å². The van der Waals surface area contributed by atoms with Crippen LogP contribution >= 0.6 is 15.9 Å². The molecule has 2 rings (SSSR count). The lowest BCUT2D eigenvalue weighted by Crippen LogP contribution is -2.02. The van der Waals surface area contributed by atoms with Crippen molar-refractivity contribution in [1.29, 1.82) is 0 Å². The highest BCUT2D eigenvalue weighted by Gasteiger charge is 2.08. The fourth-order valence-electron chi connectivity index (χ4n) is 1.51. The summed E-state index contributed by atoms with van der Waals surface area (Å²) in [5, 5.41) is 20.5. The van der Waals surface area contributed by atoms with Crippen molar-refractivity contribution in [3.05, 3.63) is 34.1 Å². The Morgan fingerprint density at radius 3 is 2.94 bits per heavy atom. The molecule has 0 spiro atoms. The van der Waals surface area contributed by atoms with Gasteiger partial charge in [0.25, 0.3) is 0 Å². The van der Waals surface area contributed by atoms with E-state index in [2.05, 4.69) is 31.3 Å². The van der Waals surface area contributed by atoms with E-state index in [4.69, 9.17) is 5.11 Å². The predicted octanol–water partition coefficient (Wildman–Crippen LogP) is 1.75. The Bertz CT molecular complexity index is 582. The second-order valence-corrected chi connectivity index (χ2v) is 4.74. The fourth-order valence-corrected chi connectivity index (χ4v) is 1.98. The number of hydrogen-bond donors (Lipinski definition) is 1. The molecule has 0 amide bonds. The van der Waals surface area contributed by atoms with Crippen LogP contribution in [0.15, 0.2) is 22.7 Å². The number of carboxylic acid groups (broad SMARTS) is 1. The zero-order chi connectivity index (χ0) is 13.1. The molecule has 0 bridgehead atoms. The average Bonchev–Trinajstić information content (AvgIpc) is 2.75. The number of aryl methyl sites for hydroxylation is 2. The second-order valence-electron chi connectivity index (χ2n) is 3.82. The van der Waals surface area contributed by atoms with Gasteiger partial charge in [-0.1, -0.05) is 15.9 Å². The molecule has 0 unspecified atom stereocenters. The van der Waals surface area contributed by atoms with Crippen molar-refractivity contribution in [2.75, 3.05) is 0 Å². The molecule has 1 N–H and O–H groups in total. The van der Waals surface area contributed by atoms with Gasteiger partial charge in [0.2, 0.25) is 0 Å². The maximum atomic E-state index is 10.5. The van der Waals surface area contributed by atoms with Crippen LogP contribution in [0.2, 0.25) is 0 Å². The molecule has 0 atom stereocenters. The number of benzene rings is 1. The summed E-state index contributed by atoms with van der Waals surface area (Å²) >= 11 is 3.38. The summed E-state index contributed by atoms with van der Waals surface area (Å²) in [6.07, 6.45) is 0.288. The number of halogens is 1. The SMILES string of the molecule is Cc1cc(Br)ccc1-n1nnc(CCC(=O)O)n1. The largest absolute Gasteiger partial charge is 0.481 e. The quantitative estimate of drug-likeness (QED) is 0.930. The van der Waals surface area contributed by atoms with Crippen molar-refractivity contribution >= 4 is 21.9 Å². The van der Waals surface area contributed by atoms with Gasteiger partial charge in [-0.15, -0.1) is 15.0 Å². The molecule has 18 heavy (non-hydrogen) atoms. The fraction of sp³-hybridized carbons (Fsp3) is 0.273. The standard InChI is InChI=1S/C11H11BrN4O2/c1-7-6-8(12)2-3-9(7)16-14-10(13-15-16)4-5-11(17)18/h2-3,6H,4-5H2,1H3,(H,17,18). The van der Waals surface area contributed by atoms with Crippen molar-refractivity contribution in [3.63, 3.8) is 0 Å². The van der Waals surface area contributed by atoms with E-state index >= 15 is 0 Å². The van der Waals surface area contributed by atoms with Gasteiger partial charge in [0.15, 0.2) is 5.82 Å². The first-order valence-corrected chi connectivity index (χ1v) is 6.13. The third-order valence-corrected chi connectivity index (χ3v) is 2.89. The monoisotopic (exact) mass is 310 g/mol. The summed E-state index contributed by atoms with van der Waals surface area (Å²) in [6.45, 7) is 1.94. The Balaban J connectivity index is 2.21. The first kappa shape index (κ1) is 12.7. The maximum Gasteiger partial charge on any atom is 0.303 e. The second kappa shape index (κ2) is 5.26. The van der Waals surface area contributed by atoms with Gasteiger partial charge in [0.1, 0.15) is 0 Å². The minimum absolute atomic E-state index is 0.00497. The molecule has 0 aliphatic rings. The van der Waals surface area contributed by atoms with E-state index < -0.39 is 5.97 Å². The molecule has 0 aliphatic heterocycles. The van der Waals surface area contributed by atoms with Gasteiger partial charge in [-0.25, -0.2) is 0 Å². The van der Waals surface area contributed by atoms with E-state index in [1.54, 1.807) is 0 Å². The molecule has 0 radical (unpaired) electrons. The van der Waals surface area contributed by atoms with Gasteiger partial charge in [-0.2, -0.15) is 0 Å². The molecule has 0 saturated heterocycles. The highest BCUT2D eigenvalue weighted by Crippen LogP contribution is 2.17. The number of hydrogen-bond acceptors (Lipinski definition) is 4. The summed E-state index contributed by atoms with van der Waals surface area (Å²) in [4.78, 5) is 11.9. The number of aliphatic carboxylic acids is 1. The van der Waals surface area contributed by atoms with Crippen molar-refractivity contribution in [2.24, 2.45) is 0 Å². The minimum Gasteiger partial charge on any atom is -0.481 e. The minimum atomic E-state index is -0.869. The van der Waals surface area contributed by atoms with E-state index in [9.17, 15) is 4.79 Å². The third-order valence-electron chi connectivity index (χ3n) is 2.39. The Hall–Kier alpha value is -1.76. The van der Waals surface area contributed by atoms with E-state index in [-0.39, 0.29) is 12.8 Å². The van der Waals surface area contributed by atoms with Crippen LogP contribution < -0.4 is 0 Å². The normalized spacial score (nSPS) is 10.6. The van der Waals surface area contributed by atoms with Crippen LogP contribution in [-0.2, 0) is 11.2 Å². The van der Waals surface area contributed by atoms with Gasteiger partial charge in [-0.05, 0) is 35.9 Å². The summed E-state index contributed by atoms with van der Waals surface area (Å²) < 4.78 is 0.981. The van der Waals surface area contributed by atoms with Gasteiger partial charge < -0.3 is 5.11 Å². The Morgan fingerprint density at radius 1 is 1.50 bits per heavy atom. The number of tetrazole rings is 1. The highest BCUT2D eigenvalue weighted by atomic mass is 79.9. The predicted molar refractivity (Wildman–Crippen MR) is 67.5 cm³/mol. The summed E-state index contributed by atoms with van der Waals surface area (Å²) in [5.74, 6) is -0.439. The van der Waals surface area contributed by atoms with Gasteiger partial charge in [-0.3, -0.25) is 4.79 Å².